The molecule has 1 aromatic carbocycles. The lowest BCUT2D eigenvalue weighted by Crippen LogP contribution is -2.33. The Morgan fingerprint density at radius 3 is 2.73 bits per heavy atom. The number of carbonyl (C=O) groups excluding carboxylic acids is 1. The summed E-state index contributed by atoms with van der Waals surface area (Å²) in [5.41, 5.74) is 6.55. The predicted molar refractivity (Wildman–Crippen MR) is 82.9 cm³/mol. The topological polar surface area (TPSA) is 120 Å². The molecule has 1 aromatic rings. The second kappa shape index (κ2) is 8.30. The molecule has 1 atom stereocenters. The van der Waals surface area contributed by atoms with Gasteiger partial charge in [-0.05, 0) is 32.5 Å². The van der Waals surface area contributed by atoms with Crippen molar-refractivity contribution in [3.8, 4) is 5.75 Å². The number of hydrogen-bond donors (Lipinski definition) is 3. The summed E-state index contributed by atoms with van der Waals surface area (Å²) >= 11 is 0. The number of benzene rings is 1. The van der Waals surface area contributed by atoms with Crippen LogP contribution in [0.25, 0.3) is 0 Å². The minimum absolute atomic E-state index is 0.0372. The number of carbonyl (C=O) groups is 1. The zero-order chi connectivity index (χ0) is 16.7. The third-order valence-electron chi connectivity index (χ3n) is 3.25. The second-order valence-electron chi connectivity index (χ2n) is 4.87. The fourth-order valence-corrected chi connectivity index (χ4v) is 1.92. The van der Waals surface area contributed by atoms with Crippen molar-refractivity contribution < 1.29 is 14.5 Å². The number of nitrogens with zero attached hydrogens (tertiary/aromatic N) is 1. The largest absolute Gasteiger partial charge is 0.483 e. The summed E-state index contributed by atoms with van der Waals surface area (Å²) in [7, 11) is 1.73. The predicted octanol–water partition coefficient (Wildman–Crippen LogP) is 0.637. The van der Waals surface area contributed by atoms with Gasteiger partial charge >= 0.3 is 0 Å². The van der Waals surface area contributed by atoms with E-state index in [1.54, 1.807) is 20.0 Å². The summed E-state index contributed by atoms with van der Waals surface area (Å²) in [4.78, 5) is 22.3. The van der Waals surface area contributed by atoms with Crippen LogP contribution in [-0.4, -0.2) is 37.6 Å². The lowest BCUT2D eigenvalue weighted by atomic mass is 10.0. The first-order valence-corrected chi connectivity index (χ1v) is 6.96. The number of amides is 1. The van der Waals surface area contributed by atoms with Crippen LogP contribution in [-0.2, 0) is 4.79 Å². The zero-order valence-electron chi connectivity index (χ0n) is 13.0. The lowest BCUT2D eigenvalue weighted by molar-refractivity contribution is -0.385. The van der Waals surface area contributed by atoms with E-state index in [0.29, 0.717) is 24.4 Å². The highest BCUT2D eigenvalue weighted by Crippen LogP contribution is 2.32. The molecule has 0 spiro atoms. The molecule has 4 N–H and O–H groups in total. The van der Waals surface area contributed by atoms with Crippen molar-refractivity contribution in [1.29, 1.82) is 0 Å². The third-order valence-corrected chi connectivity index (χ3v) is 3.25. The number of rotatable bonds is 8. The van der Waals surface area contributed by atoms with E-state index >= 15 is 0 Å². The average Bonchev–Trinajstić information content (AvgIpc) is 2.50. The molecular formula is C14H22N4O4. The Balaban J connectivity index is 2.95. The normalized spacial score (nSPS) is 11.8. The maximum Gasteiger partial charge on any atom is 0.277 e. The molecule has 0 aliphatic heterocycles. The molecule has 8 heteroatoms. The van der Waals surface area contributed by atoms with Gasteiger partial charge in [0.1, 0.15) is 5.75 Å². The van der Waals surface area contributed by atoms with Gasteiger partial charge in [-0.2, -0.15) is 0 Å². The number of nitrogens with one attached hydrogen (secondary N) is 2. The van der Waals surface area contributed by atoms with E-state index in [4.69, 9.17) is 10.5 Å². The van der Waals surface area contributed by atoms with E-state index in [2.05, 4.69) is 10.6 Å². The van der Waals surface area contributed by atoms with Gasteiger partial charge in [-0.1, -0.05) is 0 Å². The van der Waals surface area contributed by atoms with Gasteiger partial charge in [0.25, 0.3) is 11.6 Å². The maximum atomic E-state index is 11.5. The average molecular weight is 310 g/mol. The van der Waals surface area contributed by atoms with Gasteiger partial charge < -0.3 is 21.1 Å². The van der Waals surface area contributed by atoms with Crippen molar-refractivity contribution >= 4 is 11.6 Å². The molecule has 122 valence electrons. The number of nitro benzene ring substituents is 1. The Morgan fingerprint density at radius 1 is 1.50 bits per heavy atom. The van der Waals surface area contributed by atoms with Gasteiger partial charge in [0.05, 0.1) is 11.0 Å². The molecule has 0 fully saturated rings. The summed E-state index contributed by atoms with van der Waals surface area (Å²) in [6.07, 6.45) is 0. The van der Waals surface area contributed by atoms with Gasteiger partial charge in [-0.3, -0.25) is 14.9 Å². The quantitative estimate of drug-likeness (QED) is 0.479. The minimum Gasteiger partial charge on any atom is -0.483 e. The maximum absolute atomic E-state index is 11.5. The van der Waals surface area contributed by atoms with Crippen molar-refractivity contribution in [1.82, 2.24) is 10.6 Å². The molecule has 0 aromatic heterocycles. The zero-order valence-corrected chi connectivity index (χ0v) is 13.0. The van der Waals surface area contributed by atoms with Gasteiger partial charge in [0.2, 0.25) is 0 Å². The summed E-state index contributed by atoms with van der Waals surface area (Å²) in [6.45, 7) is 4.11. The molecule has 0 heterocycles. The first-order valence-electron chi connectivity index (χ1n) is 6.96. The van der Waals surface area contributed by atoms with Crippen molar-refractivity contribution in [2.45, 2.75) is 19.9 Å². The van der Waals surface area contributed by atoms with Crippen LogP contribution in [0.3, 0.4) is 0 Å². The molecular weight excluding hydrogens is 288 g/mol. The van der Waals surface area contributed by atoms with Crippen molar-refractivity contribution in [3.63, 3.8) is 0 Å². The highest BCUT2D eigenvalue weighted by atomic mass is 16.6. The van der Waals surface area contributed by atoms with Crippen LogP contribution in [0, 0.1) is 17.0 Å². The van der Waals surface area contributed by atoms with Crippen LogP contribution in [0.4, 0.5) is 5.69 Å². The SMILES string of the molecule is CNC(C)c1cc(C)c(OCC(=O)NCCN)cc1[N+](=O)[O-]. The van der Waals surface area contributed by atoms with Crippen molar-refractivity contribution in [2.24, 2.45) is 5.73 Å². The molecule has 0 bridgehead atoms. The van der Waals surface area contributed by atoms with Gasteiger partial charge in [-0.15, -0.1) is 0 Å². The van der Waals surface area contributed by atoms with Crippen LogP contribution < -0.4 is 21.1 Å². The molecule has 0 aliphatic rings. The third kappa shape index (κ3) is 4.68. The monoisotopic (exact) mass is 310 g/mol. The molecule has 8 nitrogen and oxygen atoms in total. The summed E-state index contributed by atoms with van der Waals surface area (Å²) in [5, 5.41) is 16.8. The molecule has 1 unspecified atom stereocenters. The van der Waals surface area contributed by atoms with Gasteiger partial charge in [0.15, 0.2) is 6.61 Å². The van der Waals surface area contributed by atoms with E-state index in [9.17, 15) is 14.9 Å². The molecule has 1 rings (SSSR count). The van der Waals surface area contributed by atoms with E-state index < -0.39 is 4.92 Å². The van der Waals surface area contributed by atoms with Crippen LogP contribution >= 0.6 is 0 Å². The number of nitrogens with two attached hydrogens (primary N) is 1. The number of ether oxygens (including phenoxy) is 1. The van der Waals surface area contributed by atoms with Crippen LogP contribution in [0.2, 0.25) is 0 Å². The molecule has 1 amide bonds. The minimum atomic E-state index is -0.454. The Labute approximate surface area is 129 Å². The highest BCUT2D eigenvalue weighted by Gasteiger charge is 2.21. The lowest BCUT2D eigenvalue weighted by Gasteiger charge is -2.15. The number of hydrogen-bond acceptors (Lipinski definition) is 6. The fourth-order valence-electron chi connectivity index (χ4n) is 1.92. The van der Waals surface area contributed by atoms with Crippen LogP contribution in [0.1, 0.15) is 24.1 Å². The van der Waals surface area contributed by atoms with E-state index in [1.165, 1.54) is 6.07 Å². The Bertz CT molecular complexity index is 548. The van der Waals surface area contributed by atoms with Gasteiger partial charge in [-0.25, -0.2) is 0 Å². The molecule has 0 radical (unpaired) electrons. The number of aryl methyl sites for hydroxylation is 1. The highest BCUT2D eigenvalue weighted by molar-refractivity contribution is 5.77. The smallest absolute Gasteiger partial charge is 0.277 e. The summed E-state index contributed by atoms with van der Waals surface area (Å²) in [5.74, 6) is 0.00169. The first-order chi connectivity index (χ1) is 10.4. The number of nitro groups is 1. The van der Waals surface area contributed by atoms with Crippen molar-refractivity contribution in [2.75, 3.05) is 26.7 Å². The Kier molecular flexibility index (Phi) is 6.74. The molecule has 0 saturated carbocycles. The van der Waals surface area contributed by atoms with E-state index in [1.807, 2.05) is 6.92 Å². The first kappa shape index (κ1) is 17.9. The molecule has 0 saturated heterocycles. The van der Waals surface area contributed by atoms with Gasteiger partial charge in [0, 0.05) is 24.7 Å². The Morgan fingerprint density at radius 2 is 2.18 bits per heavy atom. The standard InChI is InChI=1S/C14H22N4O4/c1-9-6-11(10(2)16-3)12(18(20)21)7-13(9)22-8-14(19)17-5-4-15/h6-7,10,16H,4-5,8,15H2,1-3H3,(H,17,19). The van der Waals surface area contributed by atoms with Crippen molar-refractivity contribution in [3.05, 3.63) is 33.4 Å². The van der Waals surface area contributed by atoms with Crippen LogP contribution in [0.15, 0.2) is 12.1 Å². The molecule has 22 heavy (non-hydrogen) atoms. The summed E-state index contributed by atoms with van der Waals surface area (Å²) < 4.78 is 5.38. The van der Waals surface area contributed by atoms with Crippen LogP contribution in [0.5, 0.6) is 5.75 Å². The molecule has 0 aliphatic carbocycles. The fraction of sp³-hybridized carbons (Fsp3) is 0.500. The van der Waals surface area contributed by atoms with E-state index in [-0.39, 0.29) is 24.2 Å². The summed E-state index contributed by atoms with van der Waals surface area (Å²) in [6, 6.07) is 2.89. The second-order valence-corrected chi connectivity index (χ2v) is 4.87. The van der Waals surface area contributed by atoms with E-state index in [0.717, 1.165) is 5.56 Å². The Hall–Kier alpha value is -2.19.